The van der Waals surface area contributed by atoms with Gasteiger partial charge < -0.3 is 20.1 Å². The number of ether oxygens (including phenoxy) is 2. The van der Waals surface area contributed by atoms with Gasteiger partial charge in [-0.1, -0.05) is 43.2 Å². The summed E-state index contributed by atoms with van der Waals surface area (Å²) in [5, 5.41) is 2.68. The maximum absolute atomic E-state index is 13.3. The molecule has 0 aliphatic carbocycles. The number of rotatable bonds is 8. The molecule has 3 N–H and O–H groups in total. The Morgan fingerprint density at radius 2 is 1.90 bits per heavy atom. The van der Waals surface area contributed by atoms with Crippen molar-refractivity contribution < 1.29 is 22.6 Å². The fraction of sp³-hybridized carbons (Fsp3) is 0.528. The normalized spacial score (nSPS) is 20.5. The third-order valence-electron chi connectivity index (χ3n) is 8.55. The summed E-state index contributed by atoms with van der Waals surface area (Å²) in [6.07, 6.45) is 7.42. The van der Waals surface area contributed by atoms with Crippen LogP contribution in [0.4, 0.5) is 19.0 Å². The summed E-state index contributed by atoms with van der Waals surface area (Å²) in [6, 6.07) is 14.3. The first-order chi connectivity index (χ1) is 23.5. The number of aryl methyl sites for hydroxylation is 1. The predicted molar refractivity (Wildman–Crippen MR) is 193 cm³/mol. The third kappa shape index (κ3) is 11.5. The zero-order valence-electron chi connectivity index (χ0n) is 29.0. The van der Waals surface area contributed by atoms with Gasteiger partial charge in [-0.25, -0.2) is 15.0 Å². The van der Waals surface area contributed by atoms with Crippen LogP contribution >= 0.6 is 11.9 Å². The number of anilines is 1. The molecular formula is C36H50F3N7O2S. The molecule has 0 amide bonds. The van der Waals surface area contributed by atoms with Crippen LogP contribution < -0.4 is 15.5 Å². The molecule has 1 aromatic carbocycles. The quantitative estimate of drug-likeness (QED) is 0.164. The lowest BCUT2D eigenvalue weighted by Crippen LogP contribution is -2.36. The molecule has 9 nitrogen and oxygen atoms in total. The Kier molecular flexibility index (Phi) is 14.4. The van der Waals surface area contributed by atoms with Gasteiger partial charge in [0.2, 0.25) is 0 Å². The van der Waals surface area contributed by atoms with E-state index < -0.39 is 18.2 Å². The summed E-state index contributed by atoms with van der Waals surface area (Å²) < 4.78 is 50.9. The summed E-state index contributed by atoms with van der Waals surface area (Å²) in [5.74, 6) is 1.66. The average molecular weight is 702 g/mol. The van der Waals surface area contributed by atoms with Crippen molar-refractivity contribution in [1.29, 1.82) is 0 Å². The average Bonchev–Trinajstić information content (AvgIpc) is 3.08. The van der Waals surface area contributed by atoms with Crippen molar-refractivity contribution >= 4 is 35.9 Å². The van der Waals surface area contributed by atoms with Gasteiger partial charge in [0.05, 0.1) is 12.0 Å². The fourth-order valence-corrected chi connectivity index (χ4v) is 6.21. The summed E-state index contributed by atoms with van der Waals surface area (Å²) in [6.45, 7) is 6.83. The van der Waals surface area contributed by atoms with E-state index in [1.807, 2.05) is 36.3 Å². The Balaban J connectivity index is 1.65. The Bertz CT molecular complexity index is 1470. The molecule has 2 aliphatic heterocycles. The minimum atomic E-state index is -4.43. The summed E-state index contributed by atoms with van der Waals surface area (Å²) in [4.78, 5) is 20.1. The van der Waals surface area contributed by atoms with E-state index in [-0.39, 0.29) is 5.88 Å². The molecule has 1 unspecified atom stereocenters. The van der Waals surface area contributed by atoms with Gasteiger partial charge in [-0.3, -0.25) is 5.01 Å². The predicted octanol–water partition coefficient (Wildman–Crippen LogP) is 7.77. The van der Waals surface area contributed by atoms with Gasteiger partial charge in [-0.2, -0.15) is 18.0 Å². The first kappa shape index (κ1) is 38.3. The van der Waals surface area contributed by atoms with Gasteiger partial charge in [0.25, 0.3) is 0 Å². The highest BCUT2D eigenvalue weighted by atomic mass is 32.2. The summed E-state index contributed by atoms with van der Waals surface area (Å²) in [5.41, 5.74) is 6.69. The van der Waals surface area contributed by atoms with Crippen LogP contribution in [0.3, 0.4) is 0 Å². The highest BCUT2D eigenvalue weighted by Crippen LogP contribution is 2.38. The molecule has 4 rings (SSSR count). The lowest BCUT2D eigenvalue weighted by molar-refractivity contribution is -0.223. The highest BCUT2D eigenvalue weighted by molar-refractivity contribution is 7.97. The molecule has 0 spiro atoms. The molecule has 2 bridgehead atoms. The van der Waals surface area contributed by atoms with Gasteiger partial charge in [-0.15, -0.1) is 0 Å². The van der Waals surface area contributed by atoms with E-state index in [1.165, 1.54) is 30.7 Å². The van der Waals surface area contributed by atoms with E-state index in [1.54, 1.807) is 13.1 Å². The molecule has 3 heterocycles. The molecule has 1 fully saturated rings. The van der Waals surface area contributed by atoms with E-state index in [2.05, 4.69) is 37.9 Å². The van der Waals surface area contributed by atoms with E-state index in [0.717, 1.165) is 101 Å². The number of benzene rings is 1. The number of halogens is 3. The lowest BCUT2D eigenvalue weighted by Gasteiger charge is -2.31. The largest absolute Gasteiger partial charge is 0.478 e. The van der Waals surface area contributed by atoms with Crippen molar-refractivity contribution in [3.8, 4) is 0 Å². The number of allylic oxidation sites excluding steroid dienone is 1. The number of nitrogens with zero attached hydrogens (tertiary/aromatic N) is 5. The number of pyridine rings is 1. The van der Waals surface area contributed by atoms with Crippen LogP contribution in [0.1, 0.15) is 70.4 Å². The van der Waals surface area contributed by atoms with Gasteiger partial charge in [0.15, 0.2) is 11.7 Å². The van der Waals surface area contributed by atoms with Crippen LogP contribution in [0.15, 0.2) is 75.3 Å². The zero-order valence-corrected chi connectivity index (χ0v) is 29.8. The molecular weight excluding hydrogens is 652 g/mol. The summed E-state index contributed by atoms with van der Waals surface area (Å²) in [7, 11) is 1.90. The van der Waals surface area contributed by atoms with Crippen molar-refractivity contribution in [3.05, 3.63) is 71.4 Å². The van der Waals surface area contributed by atoms with E-state index >= 15 is 0 Å². The van der Waals surface area contributed by atoms with Gasteiger partial charge in [0.1, 0.15) is 23.1 Å². The second-order valence-electron chi connectivity index (χ2n) is 13.0. The number of aromatic nitrogens is 1. The molecule has 0 radical (unpaired) electrons. The first-order valence-electron chi connectivity index (χ1n) is 16.9. The van der Waals surface area contributed by atoms with E-state index in [0.29, 0.717) is 17.4 Å². The van der Waals surface area contributed by atoms with Crippen LogP contribution in [-0.4, -0.2) is 68.6 Å². The number of alkyl halides is 3. The smallest absolute Gasteiger partial charge is 0.397 e. The molecule has 268 valence electrons. The summed E-state index contributed by atoms with van der Waals surface area (Å²) >= 11 is 1.39. The molecule has 2 aromatic rings. The molecule has 1 atom stereocenters. The maximum atomic E-state index is 13.3. The minimum absolute atomic E-state index is 0.178. The van der Waals surface area contributed by atoms with Crippen molar-refractivity contribution in [2.24, 2.45) is 27.1 Å². The van der Waals surface area contributed by atoms with Gasteiger partial charge in [-0.05, 0) is 88.4 Å². The molecule has 49 heavy (non-hydrogen) atoms. The number of nitrogens with two attached hydrogens (primary N) is 1. The third-order valence-corrected chi connectivity index (χ3v) is 9.35. The van der Waals surface area contributed by atoms with Crippen molar-refractivity contribution in [2.45, 2.75) is 76.9 Å². The molecule has 13 heteroatoms. The Hall–Kier alpha value is -3.55. The van der Waals surface area contributed by atoms with Crippen LogP contribution in [0.5, 0.6) is 0 Å². The van der Waals surface area contributed by atoms with Crippen LogP contribution in [0, 0.1) is 11.3 Å². The Morgan fingerprint density at radius 3 is 2.65 bits per heavy atom. The van der Waals surface area contributed by atoms with Crippen molar-refractivity contribution in [2.75, 3.05) is 44.9 Å². The van der Waals surface area contributed by atoms with E-state index in [4.69, 9.17) is 20.2 Å². The Labute approximate surface area is 293 Å². The second kappa shape index (κ2) is 18.4. The molecule has 1 aromatic heterocycles. The second-order valence-corrected chi connectivity index (χ2v) is 13.8. The van der Waals surface area contributed by atoms with Crippen molar-refractivity contribution in [1.82, 2.24) is 14.8 Å². The van der Waals surface area contributed by atoms with Crippen LogP contribution in [0.25, 0.3) is 5.70 Å². The lowest BCUT2D eigenvalue weighted by atomic mass is 9.94. The standard InChI is InChI=1S/C36H50F3N7O2S/c1-5-41-34(42-21-20-30(40)48-26-35(2,3)36(37,38)39)33-29-17-10-9-16-28(29)15-8-6-7-11-22-46(24-27-14-13-23-47-25-27)31-18-12-19-32(43-31)49-44-45(33)4/h5,9-10,12,16-21,27,44H,6-8,11,13-15,22-26,40H2,1-4H3/b30-20+,34-33+,41-5-,42-21+. The number of hydrazine groups is 1. The maximum Gasteiger partial charge on any atom is 0.397 e. The van der Waals surface area contributed by atoms with Gasteiger partial charge >= 0.3 is 6.18 Å². The van der Waals surface area contributed by atoms with Crippen LogP contribution in [-0.2, 0) is 15.9 Å². The van der Waals surface area contributed by atoms with E-state index in [9.17, 15) is 13.2 Å². The highest BCUT2D eigenvalue weighted by Gasteiger charge is 2.48. The molecule has 2 aliphatic rings. The number of nitrogens with one attached hydrogen (secondary N) is 1. The molecule has 1 saturated heterocycles. The number of aliphatic imine (C=N–C) groups is 2. The van der Waals surface area contributed by atoms with Gasteiger partial charge in [0, 0.05) is 50.8 Å². The topological polar surface area (TPSA) is 101 Å². The SMILES string of the molecule is C\C=N/C(/N=C/C=C(\N)OCC(C)(C)C(F)(F)F)=C1/c2ccccc2CCCCCCN(CC2CCCOC2)c2cccc(n2)SNN1C. The minimum Gasteiger partial charge on any atom is -0.478 e. The number of hydrogen-bond acceptors (Lipinski definition) is 10. The fourth-order valence-electron chi connectivity index (χ4n) is 5.61. The first-order valence-corrected chi connectivity index (χ1v) is 17.8. The van der Waals surface area contributed by atoms with Crippen molar-refractivity contribution in [3.63, 3.8) is 0 Å². The number of hydrogen-bond donors (Lipinski definition) is 2. The number of fused-ring (bicyclic) bond motifs is 3. The van der Waals surface area contributed by atoms with Crippen LogP contribution in [0.2, 0.25) is 0 Å². The zero-order chi connectivity index (χ0) is 35.3. The monoisotopic (exact) mass is 701 g/mol. The molecule has 0 saturated carbocycles. The Morgan fingerprint density at radius 1 is 1.10 bits per heavy atom.